The van der Waals surface area contributed by atoms with E-state index >= 15 is 0 Å². The van der Waals surface area contributed by atoms with Crippen LogP contribution in [-0.2, 0) is 0 Å². The van der Waals surface area contributed by atoms with Gasteiger partial charge in [-0.1, -0.05) is 39.3 Å². The number of aliphatic hydroxyl groups excluding tert-OH is 1. The van der Waals surface area contributed by atoms with Crippen LogP contribution in [0.2, 0.25) is 0 Å². The maximum Gasteiger partial charge on any atom is 0.0762 e. The lowest BCUT2D eigenvalue weighted by Crippen LogP contribution is -2.43. The van der Waals surface area contributed by atoms with Gasteiger partial charge in [-0.3, -0.25) is 0 Å². The molecule has 0 bridgehead atoms. The molecule has 1 N–H and O–H groups in total. The summed E-state index contributed by atoms with van der Waals surface area (Å²) in [7, 11) is 0. The SMILES string of the molecule is CC1(C)CCC[C@]2(C)C=C[C@H](O)[C@H]12. The molecule has 74 valence electrons. The highest BCUT2D eigenvalue weighted by atomic mass is 16.3. The van der Waals surface area contributed by atoms with E-state index in [0.717, 1.165) is 0 Å². The first kappa shape index (κ1) is 9.26. The second kappa shape index (κ2) is 2.60. The van der Waals surface area contributed by atoms with E-state index in [2.05, 4.69) is 26.8 Å². The van der Waals surface area contributed by atoms with Crippen LogP contribution in [0.3, 0.4) is 0 Å². The van der Waals surface area contributed by atoms with Crippen LogP contribution in [0.25, 0.3) is 0 Å². The summed E-state index contributed by atoms with van der Waals surface area (Å²) in [4.78, 5) is 0. The Balaban J connectivity index is 2.33. The first-order valence-corrected chi connectivity index (χ1v) is 5.33. The first-order valence-electron chi connectivity index (χ1n) is 5.33. The van der Waals surface area contributed by atoms with E-state index in [9.17, 15) is 5.11 Å². The number of hydrogen-bond acceptors (Lipinski definition) is 1. The highest BCUT2D eigenvalue weighted by Crippen LogP contribution is 2.56. The smallest absolute Gasteiger partial charge is 0.0762 e. The van der Waals surface area contributed by atoms with E-state index in [0.29, 0.717) is 11.3 Å². The van der Waals surface area contributed by atoms with Crippen LogP contribution in [0, 0.1) is 16.7 Å². The maximum atomic E-state index is 9.94. The fraction of sp³-hybridized carbons (Fsp3) is 0.833. The van der Waals surface area contributed by atoms with Crippen molar-refractivity contribution in [3.63, 3.8) is 0 Å². The summed E-state index contributed by atoms with van der Waals surface area (Å²) >= 11 is 0. The van der Waals surface area contributed by atoms with Gasteiger partial charge in [-0.2, -0.15) is 0 Å². The van der Waals surface area contributed by atoms with Gasteiger partial charge in [-0.15, -0.1) is 0 Å². The molecule has 0 saturated heterocycles. The van der Waals surface area contributed by atoms with Gasteiger partial charge in [0, 0.05) is 5.92 Å². The zero-order valence-electron chi connectivity index (χ0n) is 8.88. The molecule has 0 aromatic carbocycles. The summed E-state index contributed by atoms with van der Waals surface area (Å²) in [5.74, 6) is 0.439. The van der Waals surface area contributed by atoms with Crippen LogP contribution in [0.1, 0.15) is 40.0 Å². The first-order chi connectivity index (χ1) is 5.96. The molecule has 1 nitrogen and oxygen atoms in total. The predicted octanol–water partition coefficient (Wildman–Crippen LogP) is 2.75. The number of aliphatic hydroxyl groups is 1. The number of hydrogen-bond donors (Lipinski definition) is 1. The van der Waals surface area contributed by atoms with Crippen molar-refractivity contribution < 1.29 is 5.11 Å². The van der Waals surface area contributed by atoms with Crippen molar-refractivity contribution in [3.8, 4) is 0 Å². The standard InChI is InChI=1S/C12H20O/c1-11(2)6-4-7-12(3)8-5-9(13)10(11)12/h5,8-10,13H,4,6-7H2,1-3H3/t9-,10+,12+/m0/s1. The molecular formula is C12H20O. The van der Waals surface area contributed by atoms with Gasteiger partial charge in [0.05, 0.1) is 6.10 Å². The molecule has 0 heterocycles. The molecule has 2 rings (SSSR count). The summed E-state index contributed by atoms with van der Waals surface area (Å²) in [5.41, 5.74) is 0.567. The van der Waals surface area contributed by atoms with E-state index < -0.39 is 0 Å². The molecule has 2 aliphatic carbocycles. The van der Waals surface area contributed by atoms with Crippen LogP contribution < -0.4 is 0 Å². The fourth-order valence-corrected chi connectivity index (χ4v) is 3.60. The Morgan fingerprint density at radius 2 is 1.92 bits per heavy atom. The normalized spacial score (nSPS) is 47.7. The number of rotatable bonds is 0. The monoisotopic (exact) mass is 180 g/mol. The van der Waals surface area contributed by atoms with Gasteiger partial charge in [0.1, 0.15) is 0 Å². The molecule has 13 heavy (non-hydrogen) atoms. The predicted molar refractivity (Wildman–Crippen MR) is 54.4 cm³/mol. The second-order valence-corrected chi connectivity index (χ2v) is 5.68. The van der Waals surface area contributed by atoms with E-state index in [-0.39, 0.29) is 11.5 Å². The van der Waals surface area contributed by atoms with Crippen molar-refractivity contribution in [2.75, 3.05) is 0 Å². The van der Waals surface area contributed by atoms with Crippen molar-refractivity contribution in [3.05, 3.63) is 12.2 Å². The Morgan fingerprint density at radius 1 is 1.23 bits per heavy atom. The molecule has 1 fully saturated rings. The molecule has 2 aliphatic rings. The largest absolute Gasteiger partial charge is 0.389 e. The molecule has 0 radical (unpaired) electrons. The Bertz CT molecular complexity index is 242. The highest BCUT2D eigenvalue weighted by molar-refractivity contribution is 5.18. The number of allylic oxidation sites excluding steroid dienone is 1. The molecule has 0 aliphatic heterocycles. The van der Waals surface area contributed by atoms with Crippen LogP contribution in [0.15, 0.2) is 12.2 Å². The van der Waals surface area contributed by atoms with Crippen molar-refractivity contribution in [2.24, 2.45) is 16.7 Å². The Labute approximate surface area is 80.8 Å². The average molecular weight is 180 g/mol. The van der Waals surface area contributed by atoms with Gasteiger partial charge >= 0.3 is 0 Å². The number of fused-ring (bicyclic) bond motifs is 1. The lowest BCUT2D eigenvalue weighted by Gasteiger charge is -2.48. The minimum absolute atomic E-state index is 0.208. The summed E-state index contributed by atoms with van der Waals surface area (Å²) in [6.45, 7) is 6.89. The minimum atomic E-state index is -0.208. The fourth-order valence-electron chi connectivity index (χ4n) is 3.60. The van der Waals surface area contributed by atoms with Gasteiger partial charge in [-0.05, 0) is 23.7 Å². The van der Waals surface area contributed by atoms with Crippen LogP contribution >= 0.6 is 0 Å². The van der Waals surface area contributed by atoms with Crippen molar-refractivity contribution in [1.29, 1.82) is 0 Å². The van der Waals surface area contributed by atoms with Gasteiger partial charge in [-0.25, -0.2) is 0 Å². The Morgan fingerprint density at radius 3 is 2.54 bits per heavy atom. The van der Waals surface area contributed by atoms with Gasteiger partial charge in [0.15, 0.2) is 0 Å². The zero-order chi connectivity index (χ0) is 9.69. The molecular weight excluding hydrogens is 160 g/mol. The summed E-state index contributed by atoms with van der Waals surface area (Å²) < 4.78 is 0. The van der Waals surface area contributed by atoms with Gasteiger partial charge in [0.25, 0.3) is 0 Å². The minimum Gasteiger partial charge on any atom is -0.389 e. The second-order valence-electron chi connectivity index (χ2n) is 5.68. The summed E-state index contributed by atoms with van der Waals surface area (Å²) in [6, 6.07) is 0. The van der Waals surface area contributed by atoms with E-state index in [1.165, 1.54) is 19.3 Å². The van der Waals surface area contributed by atoms with E-state index in [4.69, 9.17) is 0 Å². The summed E-state index contributed by atoms with van der Waals surface area (Å²) in [6.07, 6.45) is 7.83. The quantitative estimate of drug-likeness (QED) is 0.568. The molecule has 0 aromatic heterocycles. The Hall–Kier alpha value is -0.300. The van der Waals surface area contributed by atoms with E-state index in [1.807, 2.05) is 6.08 Å². The topological polar surface area (TPSA) is 20.2 Å². The molecule has 0 unspecified atom stereocenters. The molecule has 0 spiro atoms. The van der Waals surface area contributed by atoms with Gasteiger partial charge in [0.2, 0.25) is 0 Å². The highest BCUT2D eigenvalue weighted by Gasteiger charge is 2.50. The van der Waals surface area contributed by atoms with Crippen LogP contribution in [0.4, 0.5) is 0 Å². The van der Waals surface area contributed by atoms with Crippen LogP contribution in [-0.4, -0.2) is 11.2 Å². The average Bonchev–Trinajstić information content (AvgIpc) is 2.27. The Kier molecular flexibility index (Phi) is 1.85. The van der Waals surface area contributed by atoms with E-state index in [1.54, 1.807) is 0 Å². The lowest BCUT2D eigenvalue weighted by molar-refractivity contribution is -0.0237. The third kappa shape index (κ3) is 1.25. The third-order valence-electron chi connectivity index (χ3n) is 4.10. The molecule has 3 atom stereocenters. The van der Waals surface area contributed by atoms with Gasteiger partial charge < -0.3 is 5.11 Å². The maximum absolute atomic E-state index is 9.94. The molecule has 0 aromatic rings. The van der Waals surface area contributed by atoms with Crippen molar-refractivity contribution in [2.45, 2.75) is 46.1 Å². The van der Waals surface area contributed by atoms with Crippen LogP contribution in [0.5, 0.6) is 0 Å². The molecule has 1 heteroatoms. The third-order valence-corrected chi connectivity index (χ3v) is 4.10. The molecule has 1 saturated carbocycles. The zero-order valence-corrected chi connectivity index (χ0v) is 8.88. The van der Waals surface area contributed by atoms with Crippen molar-refractivity contribution >= 4 is 0 Å². The lowest BCUT2D eigenvalue weighted by atomic mass is 9.57. The molecule has 0 amide bonds. The summed E-state index contributed by atoms with van der Waals surface area (Å²) in [5, 5.41) is 9.94. The van der Waals surface area contributed by atoms with Crippen molar-refractivity contribution in [1.82, 2.24) is 0 Å².